The highest BCUT2D eigenvalue weighted by atomic mass is 16.5. The van der Waals surface area contributed by atoms with E-state index in [9.17, 15) is 9.59 Å². The van der Waals surface area contributed by atoms with E-state index in [1.807, 2.05) is 38.1 Å². The van der Waals surface area contributed by atoms with Crippen LogP contribution in [0.15, 0.2) is 34.9 Å². The Morgan fingerprint density at radius 2 is 2.04 bits per heavy atom. The van der Waals surface area contributed by atoms with Crippen molar-refractivity contribution in [3.05, 3.63) is 41.9 Å². The van der Waals surface area contributed by atoms with Crippen LogP contribution < -0.4 is 0 Å². The van der Waals surface area contributed by atoms with Gasteiger partial charge in [-0.15, -0.1) is 0 Å². The number of carbonyl (C=O) groups excluding carboxylic acids is 2. The molecule has 1 fully saturated rings. The molecule has 6 heteroatoms. The normalized spacial score (nSPS) is 17.0. The number of aryl methyl sites for hydroxylation is 2. The van der Waals surface area contributed by atoms with E-state index in [-0.39, 0.29) is 25.0 Å². The molecular formula is C21H26N2O4. The summed E-state index contributed by atoms with van der Waals surface area (Å²) < 4.78 is 10.8. The minimum atomic E-state index is -0.414. The number of amides is 1. The smallest absolute Gasteiger partial charge is 0.306 e. The van der Waals surface area contributed by atoms with Crippen molar-refractivity contribution in [2.75, 3.05) is 13.2 Å². The van der Waals surface area contributed by atoms with E-state index >= 15 is 0 Å². The van der Waals surface area contributed by atoms with Gasteiger partial charge in [-0.25, -0.2) is 4.98 Å². The Morgan fingerprint density at radius 3 is 2.78 bits per heavy atom. The largest absolute Gasteiger partial charge is 0.456 e. The maximum atomic E-state index is 12.2. The van der Waals surface area contributed by atoms with Crippen molar-refractivity contribution >= 4 is 11.9 Å². The van der Waals surface area contributed by atoms with Gasteiger partial charge >= 0.3 is 5.97 Å². The molecule has 1 aliphatic heterocycles. The number of ether oxygens (including phenoxy) is 1. The molecule has 0 N–H and O–H groups in total. The van der Waals surface area contributed by atoms with Crippen LogP contribution in [0.25, 0.3) is 11.3 Å². The third kappa shape index (κ3) is 5.18. The van der Waals surface area contributed by atoms with Gasteiger partial charge in [-0.1, -0.05) is 29.8 Å². The second kappa shape index (κ2) is 8.84. The highest BCUT2D eigenvalue weighted by molar-refractivity contribution is 5.81. The van der Waals surface area contributed by atoms with E-state index in [4.69, 9.17) is 9.15 Å². The van der Waals surface area contributed by atoms with Crippen LogP contribution in [0.2, 0.25) is 0 Å². The third-order valence-electron chi connectivity index (χ3n) is 4.91. The van der Waals surface area contributed by atoms with Crippen molar-refractivity contribution in [2.24, 2.45) is 0 Å². The number of nitrogens with zero attached hydrogens (tertiary/aromatic N) is 2. The Labute approximate surface area is 159 Å². The van der Waals surface area contributed by atoms with Gasteiger partial charge in [0.15, 0.2) is 18.3 Å². The molecule has 0 saturated carbocycles. The molecule has 1 aromatic carbocycles. The quantitative estimate of drug-likeness (QED) is 0.728. The molecule has 0 aliphatic carbocycles. The maximum absolute atomic E-state index is 12.2. The van der Waals surface area contributed by atoms with Gasteiger partial charge in [0, 0.05) is 24.6 Å². The van der Waals surface area contributed by atoms with Crippen LogP contribution in [0.4, 0.5) is 0 Å². The molecule has 0 radical (unpaired) electrons. The van der Waals surface area contributed by atoms with E-state index < -0.39 is 5.97 Å². The van der Waals surface area contributed by atoms with Gasteiger partial charge in [0.1, 0.15) is 0 Å². The number of aromatic nitrogens is 1. The molecule has 27 heavy (non-hydrogen) atoms. The molecule has 1 atom stereocenters. The average Bonchev–Trinajstić information content (AvgIpc) is 3.14. The van der Waals surface area contributed by atoms with Crippen molar-refractivity contribution in [1.29, 1.82) is 0 Å². The summed E-state index contributed by atoms with van der Waals surface area (Å²) in [6.45, 7) is 4.62. The Kier molecular flexibility index (Phi) is 6.27. The molecule has 2 aromatic rings. The molecule has 2 heterocycles. The summed E-state index contributed by atoms with van der Waals surface area (Å²) in [6.07, 6.45) is 5.30. The Hall–Kier alpha value is -2.63. The molecule has 1 aromatic heterocycles. The summed E-state index contributed by atoms with van der Waals surface area (Å²) in [7, 11) is 0. The standard InChI is InChI=1S/C21H26N2O4/c1-15-6-8-17(9-7-15)18-13-22-19(27-18)10-11-21(25)26-14-20(24)23-12-4-3-5-16(23)2/h6-9,13,16H,3-5,10-12,14H2,1-2H3. The number of hydrogen-bond acceptors (Lipinski definition) is 5. The Balaban J connectivity index is 1.44. The van der Waals surface area contributed by atoms with E-state index in [1.165, 1.54) is 5.56 Å². The Morgan fingerprint density at radius 1 is 1.26 bits per heavy atom. The first-order valence-corrected chi connectivity index (χ1v) is 9.50. The maximum Gasteiger partial charge on any atom is 0.306 e. The van der Waals surface area contributed by atoms with E-state index in [0.717, 1.165) is 31.4 Å². The highest BCUT2D eigenvalue weighted by Gasteiger charge is 2.23. The van der Waals surface area contributed by atoms with E-state index in [2.05, 4.69) is 4.98 Å². The lowest BCUT2D eigenvalue weighted by Crippen LogP contribution is -2.44. The van der Waals surface area contributed by atoms with Crippen LogP contribution >= 0.6 is 0 Å². The van der Waals surface area contributed by atoms with Crippen molar-refractivity contribution in [3.8, 4) is 11.3 Å². The molecule has 3 rings (SSSR count). The molecule has 144 valence electrons. The lowest BCUT2D eigenvalue weighted by molar-refractivity contribution is -0.153. The fraction of sp³-hybridized carbons (Fsp3) is 0.476. The predicted octanol–water partition coefficient (Wildman–Crippen LogP) is 3.53. The highest BCUT2D eigenvalue weighted by Crippen LogP contribution is 2.21. The lowest BCUT2D eigenvalue weighted by Gasteiger charge is -2.33. The zero-order chi connectivity index (χ0) is 19.2. The fourth-order valence-corrected chi connectivity index (χ4v) is 3.25. The molecule has 0 spiro atoms. The van der Waals surface area contributed by atoms with Crippen LogP contribution in [-0.4, -0.2) is 41.0 Å². The second-order valence-electron chi connectivity index (χ2n) is 7.08. The van der Waals surface area contributed by atoms with Crippen molar-refractivity contribution in [3.63, 3.8) is 0 Å². The summed E-state index contributed by atoms with van der Waals surface area (Å²) in [6, 6.07) is 8.18. The predicted molar refractivity (Wildman–Crippen MR) is 101 cm³/mol. The first kappa shape index (κ1) is 19.1. The van der Waals surface area contributed by atoms with Gasteiger partial charge < -0.3 is 14.1 Å². The Bertz CT molecular complexity index is 782. The van der Waals surface area contributed by atoms with Crippen molar-refractivity contribution in [1.82, 2.24) is 9.88 Å². The zero-order valence-electron chi connectivity index (χ0n) is 15.9. The number of benzene rings is 1. The van der Waals surface area contributed by atoms with Gasteiger partial charge in [-0.3, -0.25) is 9.59 Å². The lowest BCUT2D eigenvalue weighted by atomic mass is 10.0. The van der Waals surface area contributed by atoms with Crippen LogP contribution in [0.5, 0.6) is 0 Å². The summed E-state index contributed by atoms with van der Waals surface area (Å²) in [5.74, 6) is 0.627. The third-order valence-corrected chi connectivity index (χ3v) is 4.91. The summed E-state index contributed by atoms with van der Waals surface area (Å²) in [4.78, 5) is 30.1. The number of likely N-dealkylation sites (tertiary alicyclic amines) is 1. The van der Waals surface area contributed by atoms with Gasteiger partial charge in [0.2, 0.25) is 0 Å². The molecular weight excluding hydrogens is 344 g/mol. The molecule has 0 bridgehead atoms. The summed E-state index contributed by atoms with van der Waals surface area (Å²) >= 11 is 0. The van der Waals surface area contributed by atoms with Crippen LogP contribution in [0, 0.1) is 6.92 Å². The number of piperidine rings is 1. The number of hydrogen-bond donors (Lipinski definition) is 0. The SMILES string of the molecule is Cc1ccc(-c2cnc(CCC(=O)OCC(=O)N3CCCCC3C)o2)cc1. The molecule has 6 nitrogen and oxygen atoms in total. The molecule has 1 unspecified atom stereocenters. The topological polar surface area (TPSA) is 72.6 Å². The zero-order valence-corrected chi connectivity index (χ0v) is 15.9. The number of oxazole rings is 1. The van der Waals surface area contributed by atoms with Crippen LogP contribution in [-0.2, 0) is 20.7 Å². The number of carbonyl (C=O) groups is 2. The van der Waals surface area contributed by atoms with E-state index in [1.54, 1.807) is 11.1 Å². The second-order valence-corrected chi connectivity index (χ2v) is 7.08. The minimum Gasteiger partial charge on any atom is -0.456 e. The van der Waals surface area contributed by atoms with Gasteiger partial charge in [-0.2, -0.15) is 0 Å². The number of rotatable bonds is 6. The van der Waals surface area contributed by atoms with E-state index in [0.29, 0.717) is 18.1 Å². The first-order chi connectivity index (χ1) is 13.0. The van der Waals surface area contributed by atoms with Crippen molar-refractivity contribution < 1.29 is 18.7 Å². The van der Waals surface area contributed by atoms with Gasteiger partial charge in [0.05, 0.1) is 12.6 Å². The fourth-order valence-electron chi connectivity index (χ4n) is 3.25. The minimum absolute atomic E-state index is 0.117. The van der Waals surface area contributed by atoms with Gasteiger partial charge in [0.25, 0.3) is 5.91 Å². The molecule has 1 amide bonds. The summed E-state index contributed by atoms with van der Waals surface area (Å²) in [5, 5.41) is 0. The van der Waals surface area contributed by atoms with Crippen LogP contribution in [0.1, 0.15) is 44.1 Å². The summed E-state index contributed by atoms with van der Waals surface area (Å²) in [5.41, 5.74) is 2.12. The monoisotopic (exact) mass is 370 g/mol. The number of esters is 1. The van der Waals surface area contributed by atoms with Crippen LogP contribution in [0.3, 0.4) is 0 Å². The van der Waals surface area contributed by atoms with Gasteiger partial charge in [-0.05, 0) is 33.1 Å². The average molecular weight is 370 g/mol. The van der Waals surface area contributed by atoms with Crippen molar-refractivity contribution in [2.45, 2.75) is 52.0 Å². The first-order valence-electron chi connectivity index (χ1n) is 9.50. The molecule has 1 saturated heterocycles. The molecule has 1 aliphatic rings.